The maximum Gasteiger partial charge on any atom is 0.288 e. The molecule has 0 spiro atoms. The summed E-state index contributed by atoms with van der Waals surface area (Å²) < 4.78 is 31.2. The van der Waals surface area contributed by atoms with Gasteiger partial charge < -0.3 is 8.98 Å². The Morgan fingerprint density at radius 1 is 1.17 bits per heavy atom. The van der Waals surface area contributed by atoms with E-state index in [-0.39, 0.29) is 5.56 Å². The summed E-state index contributed by atoms with van der Waals surface area (Å²) in [4.78, 5) is 12.4. The highest BCUT2D eigenvalue weighted by Gasteiger charge is 2.08. The quantitative estimate of drug-likeness (QED) is 0.670. The van der Waals surface area contributed by atoms with Gasteiger partial charge in [-0.05, 0) is 23.8 Å². The molecule has 5 nitrogen and oxygen atoms in total. The van der Waals surface area contributed by atoms with Crippen LogP contribution in [-0.2, 0) is 6.54 Å². The second-order valence-corrected chi connectivity index (χ2v) is 5.71. The third-order valence-electron chi connectivity index (χ3n) is 3.09. The van der Waals surface area contributed by atoms with Crippen LogP contribution < -0.4 is 5.56 Å². The monoisotopic (exact) mass is 335 g/mol. The summed E-state index contributed by atoms with van der Waals surface area (Å²) >= 11 is 0.488. The lowest BCUT2D eigenvalue weighted by Gasteiger charge is -2.08. The molecular weight excluding hydrogens is 324 g/mol. The van der Waals surface area contributed by atoms with Crippen LogP contribution in [0.2, 0.25) is 0 Å². The van der Waals surface area contributed by atoms with Crippen LogP contribution in [-0.4, -0.2) is 20.5 Å². The maximum absolute atomic E-state index is 12.3. The predicted molar refractivity (Wildman–Crippen MR) is 81.4 cm³/mol. The van der Waals surface area contributed by atoms with E-state index in [1.807, 2.05) is 0 Å². The fraction of sp³-hybridized carbons (Fsp3) is 0.133. The lowest BCUT2D eigenvalue weighted by molar-refractivity contribution is 0.252. The SMILES string of the molecule is O=c1ccc(-c2nnco2)cn1Cc1ccc(SC(F)F)cc1. The van der Waals surface area contributed by atoms with E-state index in [0.717, 1.165) is 5.56 Å². The standard InChI is InChI=1S/C15H11F2N3O2S/c16-15(17)23-12-4-1-10(2-5-12)7-20-8-11(3-6-13(20)21)14-19-18-9-22-14/h1-6,8-9,15H,7H2. The first-order chi connectivity index (χ1) is 11.1. The van der Waals surface area contributed by atoms with E-state index in [1.165, 1.54) is 17.0 Å². The van der Waals surface area contributed by atoms with Crippen LogP contribution in [0, 0.1) is 0 Å². The Morgan fingerprint density at radius 3 is 2.61 bits per heavy atom. The Kier molecular flexibility index (Phi) is 4.52. The van der Waals surface area contributed by atoms with Crippen molar-refractivity contribution in [3.05, 3.63) is 64.9 Å². The van der Waals surface area contributed by atoms with Gasteiger partial charge in [0.15, 0.2) is 0 Å². The highest BCUT2D eigenvalue weighted by molar-refractivity contribution is 7.99. The number of hydrogen-bond donors (Lipinski definition) is 0. The molecule has 0 aliphatic heterocycles. The number of alkyl halides is 2. The first-order valence-electron chi connectivity index (χ1n) is 6.62. The summed E-state index contributed by atoms with van der Waals surface area (Å²) in [5.74, 6) is -2.13. The van der Waals surface area contributed by atoms with Gasteiger partial charge in [0.2, 0.25) is 12.3 Å². The van der Waals surface area contributed by atoms with E-state index >= 15 is 0 Å². The summed E-state index contributed by atoms with van der Waals surface area (Å²) in [6, 6.07) is 9.68. The Labute approximate surface area is 134 Å². The third kappa shape index (κ3) is 3.84. The van der Waals surface area contributed by atoms with E-state index in [1.54, 1.807) is 36.5 Å². The van der Waals surface area contributed by atoms with Gasteiger partial charge in [-0.3, -0.25) is 4.79 Å². The zero-order valence-corrected chi connectivity index (χ0v) is 12.5. The molecule has 0 aliphatic carbocycles. The number of pyridine rings is 1. The van der Waals surface area contributed by atoms with Gasteiger partial charge in [-0.1, -0.05) is 23.9 Å². The minimum Gasteiger partial charge on any atom is -0.423 e. The van der Waals surface area contributed by atoms with Gasteiger partial charge in [-0.2, -0.15) is 8.78 Å². The Balaban J connectivity index is 1.82. The summed E-state index contributed by atoms with van der Waals surface area (Å²) in [6.07, 6.45) is 2.84. The molecule has 0 fully saturated rings. The first kappa shape index (κ1) is 15.4. The molecule has 0 atom stereocenters. The van der Waals surface area contributed by atoms with Crippen LogP contribution in [0.3, 0.4) is 0 Å². The van der Waals surface area contributed by atoms with Crippen molar-refractivity contribution in [1.29, 1.82) is 0 Å². The molecule has 0 amide bonds. The van der Waals surface area contributed by atoms with Crippen molar-refractivity contribution in [2.24, 2.45) is 0 Å². The number of aromatic nitrogens is 3. The van der Waals surface area contributed by atoms with E-state index in [2.05, 4.69) is 10.2 Å². The van der Waals surface area contributed by atoms with Crippen molar-refractivity contribution in [1.82, 2.24) is 14.8 Å². The van der Waals surface area contributed by atoms with Gasteiger partial charge >= 0.3 is 0 Å². The Bertz CT molecular complexity index is 833. The number of rotatable bonds is 5. The molecule has 0 bridgehead atoms. The maximum atomic E-state index is 12.3. The smallest absolute Gasteiger partial charge is 0.288 e. The minimum atomic E-state index is -2.45. The molecule has 0 radical (unpaired) electrons. The molecule has 0 saturated carbocycles. The van der Waals surface area contributed by atoms with Gasteiger partial charge in [0, 0.05) is 17.2 Å². The zero-order chi connectivity index (χ0) is 16.2. The molecular formula is C15H11F2N3O2S. The highest BCUT2D eigenvalue weighted by Crippen LogP contribution is 2.25. The van der Waals surface area contributed by atoms with E-state index < -0.39 is 5.76 Å². The molecule has 118 valence electrons. The lowest BCUT2D eigenvalue weighted by Crippen LogP contribution is -2.19. The summed E-state index contributed by atoms with van der Waals surface area (Å²) in [5, 5.41) is 7.40. The highest BCUT2D eigenvalue weighted by atomic mass is 32.2. The van der Waals surface area contributed by atoms with E-state index in [4.69, 9.17) is 4.42 Å². The van der Waals surface area contributed by atoms with Crippen molar-refractivity contribution in [2.45, 2.75) is 17.2 Å². The molecule has 8 heteroatoms. The van der Waals surface area contributed by atoms with Gasteiger partial charge in [-0.15, -0.1) is 10.2 Å². The fourth-order valence-corrected chi connectivity index (χ4v) is 2.55. The lowest BCUT2D eigenvalue weighted by atomic mass is 10.2. The summed E-state index contributed by atoms with van der Waals surface area (Å²) in [7, 11) is 0. The van der Waals surface area contributed by atoms with Crippen LogP contribution >= 0.6 is 11.8 Å². The molecule has 0 aliphatic rings. The van der Waals surface area contributed by atoms with Gasteiger partial charge in [0.05, 0.1) is 12.1 Å². The Morgan fingerprint density at radius 2 is 1.96 bits per heavy atom. The number of hydrogen-bond acceptors (Lipinski definition) is 5. The molecule has 3 rings (SSSR count). The fourth-order valence-electron chi connectivity index (χ4n) is 2.05. The Hall–Kier alpha value is -2.48. The normalized spacial score (nSPS) is 11.1. The second kappa shape index (κ2) is 6.74. The van der Waals surface area contributed by atoms with Crippen molar-refractivity contribution >= 4 is 11.8 Å². The minimum absolute atomic E-state index is 0.181. The summed E-state index contributed by atoms with van der Waals surface area (Å²) in [6.45, 7) is 0.320. The molecule has 0 saturated heterocycles. The van der Waals surface area contributed by atoms with E-state index in [9.17, 15) is 13.6 Å². The van der Waals surface area contributed by atoms with Crippen LogP contribution in [0.5, 0.6) is 0 Å². The number of halogens is 2. The average Bonchev–Trinajstić information content (AvgIpc) is 3.05. The predicted octanol–water partition coefficient (Wildman–Crippen LogP) is 3.26. The van der Waals surface area contributed by atoms with Gasteiger partial charge in [0.25, 0.3) is 11.3 Å². The van der Waals surface area contributed by atoms with Crippen LogP contribution in [0.15, 0.2) is 63.1 Å². The third-order valence-corrected chi connectivity index (χ3v) is 3.81. The van der Waals surface area contributed by atoms with Gasteiger partial charge in [0.1, 0.15) is 0 Å². The van der Waals surface area contributed by atoms with Crippen LogP contribution in [0.25, 0.3) is 11.5 Å². The molecule has 2 aromatic heterocycles. The largest absolute Gasteiger partial charge is 0.423 e. The topological polar surface area (TPSA) is 60.9 Å². The number of nitrogens with zero attached hydrogens (tertiary/aromatic N) is 3. The molecule has 3 aromatic rings. The molecule has 23 heavy (non-hydrogen) atoms. The van der Waals surface area contributed by atoms with Crippen molar-refractivity contribution in [3.8, 4) is 11.5 Å². The molecule has 0 unspecified atom stereocenters. The van der Waals surface area contributed by atoms with Crippen LogP contribution in [0.1, 0.15) is 5.56 Å². The number of benzene rings is 1. The molecule has 2 heterocycles. The van der Waals surface area contributed by atoms with Crippen LogP contribution in [0.4, 0.5) is 8.78 Å². The van der Waals surface area contributed by atoms with Crippen molar-refractivity contribution < 1.29 is 13.2 Å². The number of thioether (sulfide) groups is 1. The van der Waals surface area contributed by atoms with Crippen molar-refractivity contribution in [2.75, 3.05) is 0 Å². The second-order valence-electron chi connectivity index (χ2n) is 4.65. The zero-order valence-electron chi connectivity index (χ0n) is 11.7. The molecule has 0 N–H and O–H groups in total. The average molecular weight is 335 g/mol. The molecule has 1 aromatic carbocycles. The first-order valence-corrected chi connectivity index (χ1v) is 7.50. The summed E-state index contributed by atoms with van der Waals surface area (Å²) in [5.41, 5.74) is 1.28. The van der Waals surface area contributed by atoms with Crippen molar-refractivity contribution in [3.63, 3.8) is 0 Å². The van der Waals surface area contributed by atoms with Gasteiger partial charge in [-0.25, -0.2) is 0 Å². The van der Waals surface area contributed by atoms with E-state index in [0.29, 0.717) is 34.7 Å².